The zero-order chi connectivity index (χ0) is 18.3. The number of carbonyl (C=O) groups excluding carboxylic acids is 1. The number of hydrogen-bond acceptors (Lipinski definition) is 1. The molecule has 0 bridgehead atoms. The molecule has 3 aromatic rings. The van der Waals surface area contributed by atoms with E-state index in [-0.39, 0.29) is 16.5 Å². The number of H-pyrrole nitrogens is 1. The standard InChI is InChI=1S/C20H17Cl2FN2O/c21-14-4-5-17-13(10-14)11-18(24-17)12-6-8-25(9-7-12)20(26)19-15(22)2-1-3-16(19)23/h1-5,10-12,24H,6-9H2. The molecule has 0 aliphatic carbocycles. The van der Waals surface area contributed by atoms with Crippen LogP contribution in [0.25, 0.3) is 10.9 Å². The quantitative estimate of drug-likeness (QED) is 0.604. The Bertz CT molecular complexity index is 957. The Hall–Kier alpha value is -2.04. The topological polar surface area (TPSA) is 36.1 Å². The van der Waals surface area contributed by atoms with Gasteiger partial charge in [0.15, 0.2) is 0 Å². The Balaban J connectivity index is 1.49. The van der Waals surface area contributed by atoms with Crippen molar-refractivity contribution < 1.29 is 9.18 Å². The maximum Gasteiger partial charge on any atom is 0.258 e. The smallest absolute Gasteiger partial charge is 0.258 e. The number of fused-ring (bicyclic) bond motifs is 1. The number of aromatic amines is 1. The monoisotopic (exact) mass is 390 g/mol. The van der Waals surface area contributed by atoms with Gasteiger partial charge in [0.1, 0.15) is 5.82 Å². The number of rotatable bonds is 2. The molecule has 26 heavy (non-hydrogen) atoms. The summed E-state index contributed by atoms with van der Waals surface area (Å²) in [4.78, 5) is 17.8. The van der Waals surface area contributed by atoms with E-state index in [2.05, 4.69) is 11.1 Å². The number of likely N-dealkylation sites (tertiary alicyclic amines) is 1. The number of nitrogens with zero attached hydrogens (tertiary/aromatic N) is 1. The molecule has 4 rings (SSSR count). The molecular weight excluding hydrogens is 374 g/mol. The van der Waals surface area contributed by atoms with Crippen molar-refractivity contribution >= 4 is 40.0 Å². The lowest BCUT2D eigenvalue weighted by Gasteiger charge is -2.32. The Morgan fingerprint density at radius 1 is 1.12 bits per heavy atom. The summed E-state index contributed by atoms with van der Waals surface area (Å²) in [5.41, 5.74) is 2.17. The predicted octanol–water partition coefficient (Wildman–Crippen LogP) is 5.63. The van der Waals surface area contributed by atoms with Crippen LogP contribution >= 0.6 is 23.2 Å². The molecule has 1 fully saturated rings. The third-order valence-electron chi connectivity index (χ3n) is 5.00. The van der Waals surface area contributed by atoms with Gasteiger partial charge in [-0.15, -0.1) is 0 Å². The van der Waals surface area contributed by atoms with Crippen molar-refractivity contribution in [2.75, 3.05) is 13.1 Å². The summed E-state index contributed by atoms with van der Waals surface area (Å²) >= 11 is 12.1. The molecule has 0 saturated carbocycles. The first-order chi connectivity index (χ1) is 12.5. The van der Waals surface area contributed by atoms with Crippen LogP contribution in [0.3, 0.4) is 0 Å². The number of halogens is 3. The van der Waals surface area contributed by atoms with Crippen molar-refractivity contribution in [2.45, 2.75) is 18.8 Å². The van der Waals surface area contributed by atoms with E-state index in [0.29, 0.717) is 24.0 Å². The van der Waals surface area contributed by atoms with Gasteiger partial charge in [-0.25, -0.2) is 4.39 Å². The molecule has 1 saturated heterocycles. The number of amides is 1. The fourth-order valence-electron chi connectivity index (χ4n) is 3.60. The first-order valence-electron chi connectivity index (χ1n) is 8.54. The average Bonchev–Trinajstić information content (AvgIpc) is 3.04. The molecule has 0 unspecified atom stereocenters. The first-order valence-corrected chi connectivity index (χ1v) is 9.30. The summed E-state index contributed by atoms with van der Waals surface area (Å²) in [6.45, 7) is 1.15. The Kier molecular flexibility index (Phi) is 4.63. The van der Waals surface area contributed by atoms with Crippen LogP contribution in [0, 0.1) is 5.82 Å². The number of aromatic nitrogens is 1. The van der Waals surface area contributed by atoms with E-state index in [1.807, 2.05) is 18.2 Å². The number of carbonyl (C=O) groups is 1. The second-order valence-corrected chi connectivity index (χ2v) is 7.46. The van der Waals surface area contributed by atoms with Gasteiger partial charge >= 0.3 is 0 Å². The fraction of sp³-hybridized carbons (Fsp3) is 0.250. The van der Waals surface area contributed by atoms with E-state index in [1.54, 1.807) is 11.0 Å². The van der Waals surface area contributed by atoms with Gasteiger partial charge in [0.05, 0.1) is 10.6 Å². The van der Waals surface area contributed by atoms with Gasteiger partial charge in [-0.3, -0.25) is 4.79 Å². The molecule has 6 heteroatoms. The van der Waals surface area contributed by atoms with E-state index < -0.39 is 5.82 Å². The van der Waals surface area contributed by atoms with Crippen molar-refractivity contribution in [3.63, 3.8) is 0 Å². The van der Waals surface area contributed by atoms with Crippen LogP contribution in [-0.4, -0.2) is 28.9 Å². The molecule has 1 aliphatic rings. The minimum Gasteiger partial charge on any atom is -0.358 e. The Morgan fingerprint density at radius 2 is 1.88 bits per heavy atom. The normalized spacial score (nSPS) is 15.6. The molecule has 0 radical (unpaired) electrons. The van der Waals surface area contributed by atoms with E-state index in [1.165, 1.54) is 12.1 Å². The third-order valence-corrected chi connectivity index (χ3v) is 5.55. The first kappa shape index (κ1) is 17.4. The maximum atomic E-state index is 14.0. The second kappa shape index (κ2) is 6.93. The van der Waals surface area contributed by atoms with Crippen LogP contribution in [0.1, 0.15) is 34.8 Å². The third kappa shape index (κ3) is 3.19. The molecule has 3 nitrogen and oxygen atoms in total. The van der Waals surface area contributed by atoms with Crippen molar-refractivity contribution in [2.24, 2.45) is 0 Å². The van der Waals surface area contributed by atoms with Gasteiger partial charge in [-0.1, -0.05) is 29.3 Å². The predicted molar refractivity (Wildman–Crippen MR) is 103 cm³/mol. The lowest BCUT2D eigenvalue weighted by molar-refractivity contribution is 0.0707. The zero-order valence-electron chi connectivity index (χ0n) is 13.9. The van der Waals surface area contributed by atoms with E-state index in [4.69, 9.17) is 23.2 Å². The summed E-state index contributed by atoms with van der Waals surface area (Å²) in [5, 5.41) is 1.96. The van der Waals surface area contributed by atoms with Gasteiger partial charge < -0.3 is 9.88 Å². The highest BCUT2D eigenvalue weighted by molar-refractivity contribution is 6.33. The SMILES string of the molecule is O=C(c1c(F)cccc1Cl)N1CCC(c2cc3cc(Cl)ccc3[nH]2)CC1. The van der Waals surface area contributed by atoms with Crippen LogP contribution in [0.15, 0.2) is 42.5 Å². The summed E-state index contributed by atoms with van der Waals surface area (Å²) in [6, 6.07) is 12.2. The van der Waals surface area contributed by atoms with Crippen LogP contribution in [0.2, 0.25) is 10.0 Å². The average molecular weight is 391 g/mol. The minimum atomic E-state index is -0.572. The minimum absolute atomic E-state index is 0.0344. The van der Waals surface area contributed by atoms with E-state index in [9.17, 15) is 9.18 Å². The van der Waals surface area contributed by atoms with Crippen molar-refractivity contribution in [1.29, 1.82) is 0 Å². The lowest BCUT2D eigenvalue weighted by atomic mass is 9.93. The van der Waals surface area contributed by atoms with Crippen molar-refractivity contribution in [3.05, 3.63) is 69.6 Å². The lowest BCUT2D eigenvalue weighted by Crippen LogP contribution is -2.38. The van der Waals surface area contributed by atoms with Crippen LogP contribution in [0.5, 0.6) is 0 Å². The van der Waals surface area contributed by atoms with Crippen LogP contribution < -0.4 is 0 Å². The molecule has 1 N–H and O–H groups in total. The maximum absolute atomic E-state index is 14.0. The highest BCUT2D eigenvalue weighted by Gasteiger charge is 2.28. The number of benzene rings is 2. The van der Waals surface area contributed by atoms with E-state index in [0.717, 1.165) is 29.4 Å². The van der Waals surface area contributed by atoms with Crippen LogP contribution in [-0.2, 0) is 0 Å². The molecule has 2 aromatic carbocycles. The largest absolute Gasteiger partial charge is 0.358 e. The van der Waals surface area contributed by atoms with Gasteiger partial charge in [0.25, 0.3) is 5.91 Å². The molecule has 134 valence electrons. The van der Waals surface area contributed by atoms with Gasteiger partial charge in [-0.05, 0) is 49.2 Å². The van der Waals surface area contributed by atoms with Gasteiger partial charge in [-0.2, -0.15) is 0 Å². The molecular formula is C20H17Cl2FN2O. The summed E-state index contributed by atoms with van der Waals surface area (Å²) in [5.74, 6) is -0.576. The molecule has 1 amide bonds. The number of piperidine rings is 1. The summed E-state index contributed by atoms with van der Waals surface area (Å²) in [6.07, 6.45) is 1.64. The Morgan fingerprint density at radius 3 is 2.62 bits per heavy atom. The summed E-state index contributed by atoms with van der Waals surface area (Å²) < 4.78 is 14.0. The van der Waals surface area contributed by atoms with Crippen molar-refractivity contribution in [1.82, 2.24) is 9.88 Å². The highest BCUT2D eigenvalue weighted by Crippen LogP contribution is 2.32. The molecule has 0 atom stereocenters. The molecule has 2 heterocycles. The second-order valence-electron chi connectivity index (χ2n) is 6.62. The van der Waals surface area contributed by atoms with E-state index >= 15 is 0 Å². The molecule has 1 aromatic heterocycles. The number of nitrogens with one attached hydrogen (secondary N) is 1. The summed E-state index contributed by atoms with van der Waals surface area (Å²) in [7, 11) is 0. The zero-order valence-corrected chi connectivity index (χ0v) is 15.4. The van der Waals surface area contributed by atoms with Gasteiger partial charge in [0.2, 0.25) is 0 Å². The highest BCUT2D eigenvalue weighted by atomic mass is 35.5. The van der Waals surface area contributed by atoms with Gasteiger partial charge in [0, 0.05) is 40.6 Å². The van der Waals surface area contributed by atoms with Crippen molar-refractivity contribution in [3.8, 4) is 0 Å². The molecule has 1 aliphatic heterocycles. The van der Waals surface area contributed by atoms with Crippen LogP contribution in [0.4, 0.5) is 4.39 Å². The molecule has 0 spiro atoms. The number of hydrogen-bond donors (Lipinski definition) is 1. The Labute approximate surface area is 160 Å². The fourth-order valence-corrected chi connectivity index (χ4v) is 4.02.